The molecule has 0 saturated carbocycles. The zero-order chi connectivity index (χ0) is 21.0. The van der Waals surface area contributed by atoms with Gasteiger partial charge in [0.05, 0.1) is 12.4 Å². The van der Waals surface area contributed by atoms with Crippen molar-refractivity contribution in [3.8, 4) is 17.1 Å². The van der Waals surface area contributed by atoms with Crippen LogP contribution in [0, 0.1) is 0 Å². The first-order chi connectivity index (χ1) is 13.9. The maximum atomic E-state index is 12.6. The predicted molar refractivity (Wildman–Crippen MR) is 120 cm³/mol. The molecule has 152 valence electrons. The van der Waals surface area contributed by atoms with Crippen LogP contribution in [0.25, 0.3) is 11.4 Å². The molecule has 3 aromatic rings. The van der Waals surface area contributed by atoms with Crippen LogP contribution < -0.4 is 10.1 Å². The monoisotopic (exact) mass is 474 g/mol. The maximum absolute atomic E-state index is 12.6. The van der Waals surface area contributed by atoms with Gasteiger partial charge in [0.15, 0.2) is 11.0 Å². The van der Waals surface area contributed by atoms with Crippen LogP contribution in [0.1, 0.15) is 26.8 Å². The lowest BCUT2D eigenvalue weighted by Gasteiger charge is -2.16. The number of hydrogen-bond donors (Lipinski definition) is 1. The number of anilines is 1. The Labute approximate surface area is 183 Å². The second-order valence-corrected chi connectivity index (χ2v) is 8.98. The van der Waals surface area contributed by atoms with E-state index in [1.165, 1.54) is 11.8 Å². The van der Waals surface area contributed by atoms with Crippen molar-refractivity contribution in [2.45, 2.75) is 37.2 Å². The summed E-state index contributed by atoms with van der Waals surface area (Å²) in [6.45, 7) is 6.02. The molecule has 0 spiro atoms. The highest BCUT2D eigenvalue weighted by atomic mass is 79.9. The number of halogens is 1. The summed E-state index contributed by atoms with van der Waals surface area (Å²) in [5.74, 6) is 1.48. The second-order valence-electron chi connectivity index (χ2n) is 6.75. The first-order valence-electron chi connectivity index (χ1n) is 9.21. The minimum absolute atomic E-state index is 0.0818. The fourth-order valence-electron chi connectivity index (χ4n) is 2.75. The molecular formula is C21H23BrN4O2S. The van der Waals surface area contributed by atoms with E-state index in [1.807, 2.05) is 55.5 Å². The fourth-order valence-corrected chi connectivity index (χ4v) is 3.99. The van der Waals surface area contributed by atoms with Gasteiger partial charge in [-0.05, 0) is 69.3 Å². The number of nitrogens with one attached hydrogen (secondary N) is 1. The predicted octanol–water partition coefficient (Wildman–Crippen LogP) is 5.42. The van der Waals surface area contributed by atoms with E-state index in [9.17, 15) is 4.79 Å². The molecular weight excluding hydrogens is 452 g/mol. The third-order valence-corrected chi connectivity index (χ3v) is 5.88. The van der Waals surface area contributed by atoms with Crippen molar-refractivity contribution >= 4 is 39.3 Å². The van der Waals surface area contributed by atoms with Crippen LogP contribution in [-0.4, -0.2) is 33.0 Å². The van der Waals surface area contributed by atoms with Gasteiger partial charge >= 0.3 is 0 Å². The molecule has 1 N–H and O–H groups in total. The Morgan fingerprint density at radius 2 is 1.72 bits per heavy atom. The number of hydrogen-bond acceptors (Lipinski definition) is 5. The standard InChI is InChI=1S/C21H23BrN4O2S/c1-13(2)26-19(15-5-11-18(28-4)12-6-15)24-25-21(26)29-14(3)20(27)23-17-9-7-16(22)8-10-17/h5-14H,1-4H3,(H,23,27). The molecule has 1 amide bonds. The summed E-state index contributed by atoms with van der Waals surface area (Å²) in [5.41, 5.74) is 1.71. The average molecular weight is 475 g/mol. The van der Waals surface area contributed by atoms with Crippen LogP contribution in [0.4, 0.5) is 5.69 Å². The summed E-state index contributed by atoms with van der Waals surface area (Å²) in [6.07, 6.45) is 0. The molecule has 0 aliphatic carbocycles. The third-order valence-electron chi connectivity index (χ3n) is 4.29. The molecule has 0 fully saturated rings. The van der Waals surface area contributed by atoms with Crippen LogP contribution in [-0.2, 0) is 4.79 Å². The van der Waals surface area contributed by atoms with Gasteiger partial charge in [-0.3, -0.25) is 9.36 Å². The lowest BCUT2D eigenvalue weighted by Crippen LogP contribution is -2.23. The second kappa shape index (κ2) is 9.45. The molecule has 3 rings (SSSR count). The number of nitrogens with zero attached hydrogens (tertiary/aromatic N) is 3. The van der Waals surface area contributed by atoms with E-state index in [-0.39, 0.29) is 17.2 Å². The lowest BCUT2D eigenvalue weighted by molar-refractivity contribution is -0.115. The summed E-state index contributed by atoms with van der Waals surface area (Å²) >= 11 is 4.79. The summed E-state index contributed by atoms with van der Waals surface area (Å²) in [7, 11) is 1.64. The van der Waals surface area contributed by atoms with Gasteiger partial charge in [-0.25, -0.2) is 0 Å². The summed E-state index contributed by atoms with van der Waals surface area (Å²) in [4.78, 5) is 12.6. The minimum atomic E-state index is -0.330. The largest absolute Gasteiger partial charge is 0.497 e. The lowest BCUT2D eigenvalue weighted by atomic mass is 10.2. The highest BCUT2D eigenvalue weighted by Gasteiger charge is 2.22. The molecule has 6 nitrogen and oxygen atoms in total. The number of carbonyl (C=O) groups is 1. The highest BCUT2D eigenvalue weighted by molar-refractivity contribution is 9.10. The Balaban J connectivity index is 1.78. The molecule has 0 saturated heterocycles. The van der Waals surface area contributed by atoms with Gasteiger partial charge in [0.1, 0.15) is 5.75 Å². The van der Waals surface area contributed by atoms with Gasteiger partial charge in [0, 0.05) is 21.8 Å². The molecule has 1 atom stereocenters. The van der Waals surface area contributed by atoms with Gasteiger partial charge in [0.2, 0.25) is 5.91 Å². The molecule has 0 bridgehead atoms. The van der Waals surface area contributed by atoms with Crippen molar-refractivity contribution in [2.24, 2.45) is 0 Å². The zero-order valence-corrected chi connectivity index (χ0v) is 19.1. The molecule has 0 radical (unpaired) electrons. The first kappa shape index (κ1) is 21.4. The van der Waals surface area contributed by atoms with Crippen LogP contribution in [0.5, 0.6) is 5.75 Å². The summed E-state index contributed by atoms with van der Waals surface area (Å²) < 4.78 is 8.25. The Morgan fingerprint density at radius 1 is 1.07 bits per heavy atom. The Hall–Kier alpha value is -2.32. The third kappa shape index (κ3) is 5.19. The number of amides is 1. The topological polar surface area (TPSA) is 69.0 Å². The normalized spacial score (nSPS) is 12.1. The van der Waals surface area contributed by atoms with E-state index in [1.54, 1.807) is 7.11 Å². The summed E-state index contributed by atoms with van der Waals surface area (Å²) in [5, 5.41) is 12.1. The van der Waals surface area contributed by atoms with Gasteiger partial charge in [-0.15, -0.1) is 10.2 Å². The van der Waals surface area contributed by atoms with Gasteiger partial charge < -0.3 is 10.1 Å². The number of methoxy groups -OCH3 is 1. The van der Waals surface area contributed by atoms with E-state index in [4.69, 9.17) is 4.74 Å². The SMILES string of the molecule is COc1ccc(-c2nnc(SC(C)C(=O)Nc3ccc(Br)cc3)n2C(C)C)cc1. The molecule has 1 aromatic heterocycles. The van der Waals surface area contributed by atoms with Crippen molar-refractivity contribution in [2.75, 3.05) is 12.4 Å². The maximum Gasteiger partial charge on any atom is 0.237 e. The Kier molecular flexibility index (Phi) is 6.97. The average Bonchev–Trinajstić information content (AvgIpc) is 3.13. The van der Waals surface area contributed by atoms with Crippen LogP contribution in [0.2, 0.25) is 0 Å². The van der Waals surface area contributed by atoms with Gasteiger partial charge in [-0.1, -0.05) is 27.7 Å². The van der Waals surface area contributed by atoms with Crippen molar-refractivity contribution in [3.63, 3.8) is 0 Å². The molecule has 2 aromatic carbocycles. The summed E-state index contributed by atoms with van der Waals surface area (Å²) in [6, 6.07) is 15.4. The number of thioether (sulfide) groups is 1. The highest BCUT2D eigenvalue weighted by Crippen LogP contribution is 2.31. The zero-order valence-electron chi connectivity index (χ0n) is 16.7. The van der Waals surface area contributed by atoms with Crippen LogP contribution in [0.3, 0.4) is 0 Å². The van der Waals surface area contributed by atoms with Crippen LogP contribution >= 0.6 is 27.7 Å². The van der Waals surface area contributed by atoms with Crippen molar-refractivity contribution in [1.82, 2.24) is 14.8 Å². The van der Waals surface area contributed by atoms with E-state index in [0.29, 0.717) is 5.16 Å². The van der Waals surface area contributed by atoms with E-state index in [0.717, 1.165) is 27.3 Å². The van der Waals surface area contributed by atoms with Gasteiger partial charge in [0.25, 0.3) is 0 Å². The number of rotatable bonds is 7. The van der Waals surface area contributed by atoms with Gasteiger partial charge in [-0.2, -0.15) is 0 Å². The molecule has 8 heteroatoms. The van der Waals surface area contributed by atoms with Crippen LogP contribution in [0.15, 0.2) is 58.2 Å². The Morgan fingerprint density at radius 3 is 2.31 bits per heavy atom. The quantitative estimate of drug-likeness (QED) is 0.463. The fraction of sp³-hybridized carbons (Fsp3) is 0.286. The Bertz CT molecular complexity index is 971. The van der Waals surface area contributed by atoms with E-state index >= 15 is 0 Å². The smallest absolute Gasteiger partial charge is 0.237 e. The minimum Gasteiger partial charge on any atom is -0.497 e. The first-order valence-corrected chi connectivity index (χ1v) is 10.9. The number of ether oxygens (including phenoxy) is 1. The number of benzene rings is 2. The molecule has 29 heavy (non-hydrogen) atoms. The molecule has 1 unspecified atom stereocenters. The van der Waals surface area contributed by atoms with Crippen molar-refractivity contribution in [3.05, 3.63) is 53.0 Å². The number of aromatic nitrogens is 3. The van der Waals surface area contributed by atoms with Crippen molar-refractivity contribution < 1.29 is 9.53 Å². The molecule has 0 aliphatic heterocycles. The number of carbonyl (C=O) groups excluding carboxylic acids is 1. The molecule has 0 aliphatic rings. The van der Waals surface area contributed by atoms with E-state index in [2.05, 4.69) is 49.9 Å². The molecule has 1 heterocycles. The van der Waals surface area contributed by atoms with Crippen molar-refractivity contribution in [1.29, 1.82) is 0 Å². The van der Waals surface area contributed by atoms with E-state index < -0.39 is 0 Å².